The van der Waals surface area contributed by atoms with Crippen LogP contribution in [0.1, 0.15) is 44.7 Å². The summed E-state index contributed by atoms with van der Waals surface area (Å²) in [6.07, 6.45) is -0.0884. The molecule has 2 aromatic rings. The van der Waals surface area contributed by atoms with Gasteiger partial charge in [0.1, 0.15) is 11.5 Å². The monoisotopic (exact) mass is 416 g/mol. The van der Waals surface area contributed by atoms with Gasteiger partial charge in [-0.2, -0.15) is 0 Å². The standard InChI is InChI=1S/C22H25ClN2O4/c1-5-16(29-13-8-6-7-12(2)9-13)21(28)24-15-10-14(23)19-18(20(15)27)22(3,4)11-17(26)25-19/h6-10,16,27H,5,11H2,1-4H3,(H,24,28)(H,25,26). The summed E-state index contributed by atoms with van der Waals surface area (Å²) in [5, 5.41) is 16.5. The first kappa shape index (κ1) is 21.0. The van der Waals surface area contributed by atoms with E-state index >= 15 is 0 Å². The molecule has 154 valence electrons. The van der Waals surface area contributed by atoms with E-state index in [1.54, 1.807) is 6.07 Å². The van der Waals surface area contributed by atoms with Gasteiger partial charge in [-0.15, -0.1) is 0 Å². The van der Waals surface area contributed by atoms with Crippen molar-refractivity contribution in [1.82, 2.24) is 0 Å². The summed E-state index contributed by atoms with van der Waals surface area (Å²) in [5.74, 6) is -0.0622. The molecule has 2 amide bonds. The normalized spacial score (nSPS) is 15.8. The highest BCUT2D eigenvalue weighted by Gasteiger charge is 2.37. The number of hydrogen-bond donors (Lipinski definition) is 3. The summed E-state index contributed by atoms with van der Waals surface area (Å²) in [4.78, 5) is 24.8. The van der Waals surface area contributed by atoms with E-state index in [0.717, 1.165) is 5.56 Å². The number of phenols is 1. The fraction of sp³-hybridized carbons (Fsp3) is 0.364. The number of carbonyl (C=O) groups is 2. The predicted octanol–water partition coefficient (Wildman–Crippen LogP) is 4.77. The van der Waals surface area contributed by atoms with Gasteiger partial charge in [-0.1, -0.05) is 44.5 Å². The first-order valence-electron chi connectivity index (χ1n) is 9.52. The molecule has 1 unspecified atom stereocenters. The van der Waals surface area contributed by atoms with Crippen molar-refractivity contribution in [2.75, 3.05) is 10.6 Å². The van der Waals surface area contributed by atoms with Gasteiger partial charge in [-0.3, -0.25) is 9.59 Å². The van der Waals surface area contributed by atoms with Gasteiger partial charge in [0.05, 0.1) is 16.4 Å². The van der Waals surface area contributed by atoms with Crippen LogP contribution in [0.2, 0.25) is 5.02 Å². The van der Waals surface area contributed by atoms with Crippen LogP contribution in [0.4, 0.5) is 11.4 Å². The molecule has 1 aliphatic heterocycles. The molecule has 3 rings (SSSR count). The van der Waals surface area contributed by atoms with Crippen molar-refractivity contribution in [2.45, 2.75) is 52.1 Å². The molecule has 0 spiro atoms. The van der Waals surface area contributed by atoms with Crippen LogP contribution in [-0.4, -0.2) is 23.0 Å². The number of amides is 2. The Bertz CT molecular complexity index is 972. The van der Waals surface area contributed by atoms with Crippen LogP contribution in [0.3, 0.4) is 0 Å². The summed E-state index contributed by atoms with van der Waals surface area (Å²) in [6, 6.07) is 8.90. The molecule has 29 heavy (non-hydrogen) atoms. The van der Waals surface area contributed by atoms with Crippen LogP contribution in [-0.2, 0) is 15.0 Å². The number of carbonyl (C=O) groups excluding carboxylic acids is 2. The van der Waals surface area contributed by atoms with Gasteiger partial charge in [0.15, 0.2) is 6.10 Å². The molecule has 0 saturated heterocycles. The largest absolute Gasteiger partial charge is 0.505 e. The maximum absolute atomic E-state index is 12.8. The van der Waals surface area contributed by atoms with Gasteiger partial charge in [0.2, 0.25) is 5.91 Å². The van der Waals surface area contributed by atoms with Crippen LogP contribution >= 0.6 is 11.6 Å². The molecule has 1 heterocycles. The van der Waals surface area contributed by atoms with E-state index < -0.39 is 17.4 Å². The van der Waals surface area contributed by atoms with E-state index in [9.17, 15) is 14.7 Å². The smallest absolute Gasteiger partial charge is 0.265 e. The molecule has 3 N–H and O–H groups in total. The zero-order chi connectivity index (χ0) is 21.3. The Morgan fingerprint density at radius 1 is 1.38 bits per heavy atom. The Hall–Kier alpha value is -2.73. The number of aromatic hydroxyl groups is 1. The minimum atomic E-state index is -0.737. The topological polar surface area (TPSA) is 87.7 Å². The highest BCUT2D eigenvalue weighted by atomic mass is 35.5. The lowest BCUT2D eigenvalue weighted by molar-refractivity contribution is -0.123. The molecular formula is C22H25ClN2O4. The van der Waals surface area contributed by atoms with Crippen LogP contribution < -0.4 is 15.4 Å². The van der Waals surface area contributed by atoms with E-state index in [-0.39, 0.29) is 28.8 Å². The maximum Gasteiger partial charge on any atom is 0.265 e. The van der Waals surface area contributed by atoms with Crippen molar-refractivity contribution in [3.63, 3.8) is 0 Å². The van der Waals surface area contributed by atoms with Crippen LogP contribution in [0.15, 0.2) is 30.3 Å². The van der Waals surface area contributed by atoms with Crippen LogP contribution in [0.25, 0.3) is 0 Å². The Morgan fingerprint density at radius 2 is 2.10 bits per heavy atom. The average Bonchev–Trinajstić information content (AvgIpc) is 2.62. The Morgan fingerprint density at radius 3 is 2.76 bits per heavy atom. The van der Waals surface area contributed by atoms with Gasteiger partial charge in [-0.25, -0.2) is 0 Å². The number of nitrogens with one attached hydrogen (secondary N) is 2. The molecule has 0 bridgehead atoms. The van der Waals surface area contributed by atoms with Gasteiger partial charge < -0.3 is 20.5 Å². The van der Waals surface area contributed by atoms with Crippen molar-refractivity contribution in [3.8, 4) is 11.5 Å². The summed E-state index contributed by atoms with van der Waals surface area (Å²) >= 11 is 6.35. The van der Waals surface area contributed by atoms with Gasteiger partial charge in [0.25, 0.3) is 5.91 Å². The number of ether oxygens (including phenoxy) is 1. The molecule has 7 heteroatoms. The summed E-state index contributed by atoms with van der Waals surface area (Å²) in [5.41, 5.74) is 1.48. The van der Waals surface area contributed by atoms with Crippen molar-refractivity contribution in [3.05, 3.63) is 46.5 Å². The molecular weight excluding hydrogens is 392 g/mol. The lowest BCUT2D eigenvalue weighted by atomic mass is 9.77. The second-order valence-corrected chi connectivity index (χ2v) is 8.34. The third-order valence-electron chi connectivity index (χ3n) is 4.98. The third kappa shape index (κ3) is 4.32. The highest BCUT2D eigenvalue weighted by Crippen LogP contribution is 2.49. The second kappa shape index (κ2) is 7.95. The number of hydrogen-bond acceptors (Lipinski definition) is 4. The lowest BCUT2D eigenvalue weighted by Gasteiger charge is -2.34. The van der Waals surface area contributed by atoms with Gasteiger partial charge >= 0.3 is 0 Å². The summed E-state index contributed by atoms with van der Waals surface area (Å²) < 4.78 is 5.83. The van der Waals surface area contributed by atoms with E-state index in [2.05, 4.69) is 10.6 Å². The molecule has 0 radical (unpaired) electrons. The van der Waals surface area contributed by atoms with Crippen molar-refractivity contribution >= 4 is 34.8 Å². The molecule has 0 fully saturated rings. The fourth-order valence-corrected chi connectivity index (χ4v) is 3.83. The number of benzene rings is 2. The van der Waals surface area contributed by atoms with E-state index in [4.69, 9.17) is 16.3 Å². The molecule has 0 aliphatic carbocycles. The van der Waals surface area contributed by atoms with Crippen LogP contribution in [0.5, 0.6) is 11.5 Å². The first-order chi connectivity index (χ1) is 13.6. The SMILES string of the molecule is CCC(Oc1cccc(C)c1)C(=O)Nc1cc(Cl)c2c(c1O)C(C)(C)CC(=O)N2. The molecule has 0 aromatic heterocycles. The van der Waals surface area contributed by atoms with E-state index in [1.165, 1.54) is 6.07 Å². The highest BCUT2D eigenvalue weighted by molar-refractivity contribution is 6.34. The molecule has 1 atom stereocenters. The third-order valence-corrected chi connectivity index (χ3v) is 5.28. The van der Waals surface area contributed by atoms with Crippen LogP contribution in [0, 0.1) is 6.92 Å². The second-order valence-electron chi connectivity index (χ2n) is 7.93. The number of halogens is 1. The lowest BCUT2D eigenvalue weighted by Crippen LogP contribution is -2.34. The number of anilines is 2. The number of fused-ring (bicyclic) bond motifs is 1. The Kier molecular flexibility index (Phi) is 5.75. The fourth-order valence-electron chi connectivity index (χ4n) is 3.58. The molecule has 0 saturated carbocycles. The quantitative estimate of drug-likeness (QED) is 0.612. The minimum Gasteiger partial charge on any atom is -0.505 e. The summed E-state index contributed by atoms with van der Waals surface area (Å²) in [6.45, 7) is 7.49. The van der Waals surface area contributed by atoms with Crippen molar-refractivity contribution in [2.24, 2.45) is 0 Å². The minimum absolute atomic E-state index is 0.104. The average molecular weight is 417 g/mol. The Balaban J connectivity index is 1.88. The number of rotatable bonds is 5. The molecule has 1 aliphatic rings. The Labute approximate surface area is 175 Å². The number of aryl methyl sites for hydroxylation is 1. The van der Waals surface area contributed by atoms with Crippen molar-refractivity contribution in [1.29, 1.82) is 0 Å². The summed E-state index contributed by atoms with van der Waals surface area (Å²) in [7, 11) is 0. The van der Waals surface area contributed by atoms with Gasteiger partial charge in [-0.05, 0) is 37.1 Å². The zero-order valence-electron chi connectivity index (χ0n) is 16.9. The maximum atomic E-state index is 12.8. The van der Waals surface area contributed by atoms with Crippen molar-refractivity contribution < 1.29 is 19.4 Å². The first-order valence-corrected chi connectivity index (χ1v) is 9.90. The zero-order valence-corrected chi connectivity index (χ0v) is 17.7. The number of phenolic OH excluding ortho intramolecular Hbond substituents is 1. The van der Waals surface area contributed by atoms with E-state index in [1.807, 2.05) is 45.9 Å². The molecule has 6 nitrogen and oxygen atoms in total. The van der Waals surface area contributed by atoms with E-state index in [0.29, 0.717) is 23.4 Å². The predicted molar refractivity (Wildman–Crippen MR) is 114 cm³/mol. The molecule has 2 aromatic carbocycles. The van der Waals surface area contributed by atoms with Gasteiger partial charge in [0, 0.05) is 17.4 Å².